The molecule has 2 heterocycles. The first-order valence-corrected chi connectivity index (χ1v) is 5.86. The van der Waals surface area contributed by atoms with Crippen LogP contribution in [0.15, 0.2) is 24.9 Å². The standard InChI is InChI=1S/C12H16N4O2/c1-3-11(17)13-9-5-4-7-16(12(9)18)10-6-8-15(2)14-10/h3,6,8-9H,1,4-5,7H2,2H3,(H,13,17). The van der Waals surface area contributed by atoms with Gasteiger partial charge in [-0.15, -0.1) is 0 Å². The highest BCUT2D eigenvalue weighted by molar-refractivity contribution is 6.00. The van der Waals surface area contributed by atoms with E-state index in [1.165, 1.54) is 6.08 Å². The van der Waals surface area contributed by atoms with Crippen LogP contribution < -0.4 is 10.2 Å². The molecule has 0 aromatic carbocycles. The van der Waals surface area contributed by atoms with Crippen molar-refractivity contribution in [3.05, 3.63) is 24.9 Å². The van der Waals surface area contributed by atoms with Gasteiger partial charge in [0, 0.05) is 25.9 Å². The summed E-state index contributed by atoms with van der Waals surface area (Å²) in [5, 5.41) is 6.85. The van der Waals surface area contributed by atoms with E-state index in [-0.39, 0.29) is 11.8 Å². The van der Waals surface area contributed by atoms with Gasteiger partial charge in [-0.1, -0.05) is 6.58 Å². The van der Waals surface area contributed by atoms with Crippen molar-refractivity contribution in [1.82, 2.24) is 15.1 Å². The van der Waals surface area contributed by atoms with Gasteiger partial charge >= 0.3 is 0 Å². The Labute approximate surface area is 105 Å². The fourth-order valence-corrected chi connectivity index (χ4v) is 2.01. The van der Waals surface area contributed by atoms with E-state index in [2.05, 4.69) is 17.0 Å². The van der Waals surface area contributed by atoms with E-state index in [1.807, 2.05) is 0 Å². The summed E-state index contributed by atoms with van der Waals surface area (Å²) >= 11 is 0. The first kappa shape index (κ1) is 12.3. The minimum atomic E-state index is -0.480. The van der Waals surface area contributed by atoms with Crippen molar-refractivity contribution >= 4 is 17.6 Å². The molecule has 1 unspecified atom stereocenters. The fourth-order valence-electron chi connectivity index (χ4n) is 2.01. The summed E-state index contributed by atoms with van der Waals surface area (Å²) in [5.41, 5.74) is 0. The molecule has 0 saturated carbocycles. The van der Waals surface area contributed by atoms with Crippen LogP contribution in [0.5, 0.6) is 0 Å². The number of amides is 2. The van der Waals surface area contributed by atoms with Gasteiger partial charge in [-0.25, -0.2) is 0 Å². The van der Waals surface area contributed by atoms with Crippen LogP contribution in [0.25, 0.3) is 0 Å². The molecular weight excluding hydrogens is 232 g/mol. The number of piperidine rings is 1. The number of aryl methyl sites for hydroxylation is 1. The monoisotopic (exact) mass is 248 g/mol. The quantitative estimate of drug-likeness (QED) is 0.778. The third-order valence-electron chi connectivity index (χ3n) is 2.92. The van der Waals surface area contributed by atoms with Crippen molar-refractivity contribution in [3.8, 4) is 0 Å². The zero-order valence-corrected chi connectivity index (χ0v) is 10.3. The molecule has 0 bridgehead atoms. The van der Waals surface area contributed by atoms with Crippen LogP contribution >= 0.6 is 0 Å². The Morgan fingerprint density at radius 2 is 2.44 bits per heavy atom. The van der Waals surface area contributed by atoms with E-state index in [1.54, 1.807) is 28.9 Å². The maximum Gasteiger partial charge on any atom is 0.250 e. The largest absolute Gasteiger partial charge is 0.341 e. The van der Waals surface area contributed by atoms with Crippen LogP contribution in [0.4, 0.5) is 5.82 Å². The van der Waals surface area contributed by atoms with E-state index in [0.29, 0.717) is 18.8 Å². The third kappa shape index (κ3) is 2.42. The normalized spacial score (nSPS) is 19.7. The lowest BCUT2D eigenvalue weighted by atomic mass is 10.0. The molecule has 1 aromatic rings. The Bertz CT molecular complexity index is 480. The predicted octanol–water partition coefficient (Wildman–Crippen LogP) is 0.218. The summed E-state index contributed by atoms with van der Waals surface area (Å²) in [5.74, 6) is 0.187. The second-order valence-electron chi connectivity index (χ2n) is 4.25. The van der Waals surface area contributed by atoms with Gasteiger partial charge in [-0.2, -0.15) is 5.10 Å². The Morgan fingerprint density at radius 1 is 1.67 bits per heavy atom. The molecular formula is C12H16N4O2. The molecule has 1 aromatic heterocycles. The molecule has 0 radical (unpaired) electrons. The summed E-state index contributed by atoms with van der Waals surface area (Å²) < 4.78 is 1.65. The lowest BCUT2D eigenvalue weighted by Crippen LogP contribution is -2.52. The van der Waals surface area contributed by atoms with Crippen LogP contribution in [0.1, 0.15) is 12.8 Å². The van der Waals surface area contributed by atoms with Gasteiger partial charge in [0.05, 0.1) is 0 Å². The first-order chi connectivity index (χ1) is 8.61. The van der Waals surface area contributed by atoms with Crippen LogP contribution in [-0.2, 0) is 16.6 Å². The minimum absolute atomic E-state index is 0.116. The molecule has 96 valence electrons. The number of hydrogen-bond acceptors (Lipinski definition) is 3. The average molecular weight is 248 g/mol. The second-order valence-corrected chi connectivity index (χ2v) is 4.25. The molecule has 6 heteroatoms. The fraction of sp³-hybridized carbons (Fsp3) is 0.417. The Balaban J connectivity index is 2.11. The predicted molar refractivity (Wildman–Crippen MR) is 66.9 cm³/mol. The maximum atomic E-state index is 12.2. The van der Waals surface area contributed by atoms with Crippen LogP contribution in [0.2, 0.25) is 0 Å². The number of nitrogens with zero attached hydrogens (tertiary/aromatic N) is 3. The van der Waals surface area contributed by atoms with Gasteiger partial charge in [0.25, 0.3) is 5.91 Å². The molecule has 18 heavy (non-hydrogen) atoms. The van der Waals surface area contributed by atoms with E-state index in [9.17, 15) is 9.59 Å². The number of rotatable bonds is 3. The zero-order chi connectivity index (χ0) is 13.1. The van der Waals surface area contributed by atoms with Gasteiger partial charge in [0.2, 0.25) is 5.91 Å². The van der Waals surface area contributed by atoms with Gasteiger partial charge in [0.15, 0.2) is 5.82 Å². The van der Waals surface area contributed by atoms with Crippen molar-refractivity contribution in [1.29, 1.82) is 0 Å². The molecule has 1 aliphatic rings. The smallest absolute Gasteiger partial charge is 0.250 e. The molecule has 2 rings (SSSR count). The van der Waals surface area contributed by atoms with Gasteiger partial charge in [0.1, 0.15) is 6.04 Å². The summed E-state index contributed by atoms with van der Waals surface area (Å²) in [6.07, 6.45) is 4.45. The lowest BCUT2D eigenvalue weighted by molar-refractivity contribution is -0.126. The number of nitrogens with one attached hydrogen (secondary N) is 1. The molecule has 2 amide bonds. The third-order valence-corrected chi connectivity index (χ3v) is 2.92. The summed E-state index contributed by atoms with van der Waals surface area (Å²) in [6.45, 7) is 4.01. The zero-order valence-electron chi connectivity index (χ0n) is 10.3. The van der Waals surface area contributed by atoms with Gasteiger partial charge in [-0.3, -0.25) is 19.2 Å². The molecule has 0 spiro atoms. The van der Waals surface area contributed by atoms with Gasteiger partial charge in [-0.05, 0) is 18.9 Å². The molecule has 6 nitrogen and oxygen atoms in total. The number of carbonyl (C=O) groups excluding carboxylic acids is 2. The summed E-state index contributed by atoms with van der Waals surface area (Å²) in [4.78, 5) is 25.1. The molecule has 0 aliphatic carbocycles. The number of hydrogen-bond donors (Lipinski definition) is 1. The summed E-state index contributed by atoms with van der Waals surface area (Å²) in [6, 6.07) is 1.31. The maximum absolute atomic E-state index is 12.2. The first-order valence-electron chi connectivity index (χ1n) is 5.86. The van der Waals surface area contributed by atoms with Crippen molar-refractivity contribution in [2.45, 2.75) is 18.9 Å². The number of anilines is 1. The van der Waals surface area contributed by atoms with Crippen LogP contribution in [-0.4, -0.2) is 34.2 Å². The molecule has 1 aliphatic heterocycles. The van der Waals surface area contributed by atoms with E-state index >= 15 is 0 Å². The SMILES string of the molecule is C=CC(=O)NC1CCCN(c2ccn(C)n2)C1=O. The highest BCUT2D eigenvalue weighted by Crippen LogP contribution is 2.18. The Morgan fingerprint density at radius 3 is 3.06 bits per heavy atom. The highest BCUT2D eigenvalue weighted by Gasteiger charge is 2.31. The van der Waals surface area contributed by atoms with Crippen LogP contribution in [0, 0.1) is 0 Å². The molecule has 1 N–H and O–H groups in total. The topological polar surface area (TPSA) is 67.2 Å². The lowest BCUT2D eigenvalue weighted by Gasteiger charge is -2.30. The summed E-state index contributed by atoms with van der Waals surface area (Å²) in [7, 11) is 1.80. The van der Waals surface area contributed by atoms with Crippen molar-refractivity contribution in [2.75, 3.05) is 11.4 Å². The molecule has 1 atom stereocenters. The van der Waals surface area contributed by atoms with Crippen molar-refractivity contribution < 1.29 is 9.59 Å². The van der Waals surface area contributed by atoms with E-state index in [0.717, 1.165) is 6.42 Å². The van der Waals surface area contributed by atoms with Crippen molar-refractivity contribution in [3.63, 3.8) is 0 Å². The van der Waals surface area contributed by atoms with Gasteiger partial charge < -0.3 is 5.32 Å². The molecule has 1 saturated heterocycles. The van der Waals surface area contributed by atoms with Crippen molar-refractivity contribution in [2.24, 2.45) is 7.05 Å². The highest BCUT2D eigenvalue weighted by atomic mass is 16.2. The minimum Gasteiger partial charge on any atom is -0.341 e. The second kappa shape index (κ2) is 5.03. The Hall–Kier alpha value is -2.11. The van der Waals surface area contributed by atoms with E-state index < -0.39 is 6.04 Å². The molecule has 1 fully saturated rings. The number of aromatic nitrogens is 2. The number of carbonyl (C=O) groups is 2. The Kier molecular flexibility index (Phi) is 3.45. The van der Waals surface area contributed by atoms with Crippen LogP contribution in [0.3, 0.4) is 0 Å². The average Bonchev–Trinajstić information content (AvgIpc) is 2.78. The van der Waals surface area contributed by atoms with E-state index in [4.69, 9.17) is 0 Å².